The summed E-state index contributed by atoms with van der Waals surface area (Å²) in [4.78, 5) is 50.5. The van der Waals surface area contributed by atoms with E-state index in [-0.39, 0.29) is 6.42 Å². The molecule has 9 nitrogen and oxygen atoms in total. The third-order valence-corrected chi connectivity index (χ3v) is 3.38. The SMILES string of the molecule is C[C@H](ON)C(=O)N[C@@H](CC(=O)O)C(=O)N[C@H](C=O)Cc1ccccc1. The number of amides is 2. The third-order valence-electron chi connectivity index (χ3n) is 3.38. The quantitative estimate of drug-likeness (QED) is 0.317. The van der Waals surface area contributed by atoms with E-state index < -0.39 is 42.4 Å². The largest absolute Gasteiger partial charge is 0.481 e. The number of carbonyl (C=O) groups excluding carboxylic acids is 3. The van der Waals surface area contributed by atoms with Crippen molar-refractivity contribution in [1.82, 2.24) is 10.6 Å². The molecule has 3 atom stereocenters. The van der Waals surface area contributed by atoms with Gasteiger partial charge in [-0.05, 0) is 18.9 Å². The first-order valence-electron chi connectivity index (χ1n) is 7.54. The molecule has 25 heavy (non-hydrogen) atoms. The Morgan fingerprint density at radius 2 is 1.84 bits per heavy atom. The van der Waals surface area contributed by atoms with Gasteiger partial charge in [0.1, 0.15) is 12.3 Å². The lowest BCUT2D eigenvalue weighted by Crippen LogP contribution is -2.53. The van der Waals surface area contributed by atoms with E-state index in [1.54, 1.807) is 24.3 Å². The number of carboxylic acids is 1. The van der Waals surface area contributed by atoms with E-state index >= 15 is 0 Å². The second kappa shape index (κ2) is 10.2. The summed E-state index contributed by atoms with van der Waals surface area (Å²) >= 11 is 0. The van der Waals surface area contributed by atoms with Gasteiger partial charge in [0, 0.05) is 0 Å². The predicted octanol–water partition coefficient (Wildman–Crippen LogP) is -0.849. The van der Waals surface area contributed by atoms with E-state index in [1.165, 1.54) is 6.92 Å². The van der Waals surface area contributed by atoms with Gasteiger partial charge in [0.2, 0.25) is 5.91 Å². The minimum atomic E-state index is -1.36. The molecule has 0 aromatic heterocycles. The fraction of sp³-hybridized carbons (Fsp3) is 0.375. The van der Waals surface area contributed by atoms with Gasteiger partial charge in [-0.2, -0.15) is 0 Å². The first-order valence-corrected chi connectivity index (χ1v) is 7.54. The maximum atomic E-state index is 12.3. The Bertz CT molecular complexity index is 607. The molecule has 0 aliphatic carbocycles. The van der Waals surface area contributed by atoms with Crippen molar-refractivity contribution in [3.05, 3.63) is 35.9 Å². The average Bonchev–Trinajstić information content (AvgIpc) is 2.60. The van der Waals surface area contributed by atoms with E-state index in [0.717, 1.165) is 5.56 Å². The summed E-state index contributed by atoms with van der Waals surface area (Å²) in [5.41, 5.74) is 0.823. The lowest BCUT2D eigenvalue weighted by Gasteiger charge is -2.21. The second-order valence-electron chi connectivity index (χ2n) is 5.38. The summed E-state index contributed by atoms with van der Waals surface area (Å²) < 4.78 is 0. The number of aliphatic carboxylic acids is 1. The maximum absolute atomic E-state index is 12.3. The van der Waals surface area contributed by atoms with Crippen molar-refractivity contribution in [2.45, 2.75) is 38.0 Å². The summed E-state index contributed by atoms with van der Waals surface area (Å²) in [7, 11) is 0. The Balaban J connectivity index is 2.76. The summed E-state index contributed by atoms with van der Waals surface area (Å²) in [6, 6.07) is 6.77. The predicted molar refractivity (Wildman–Crippen MR) is 87.1 cm³/mol. The zero-order valence-electron chi connectivity index (χ0n) is 13.7. The van der Waals surface area contributed by atoms with Gasteiger partial charge in [-0.3, -0.25) is 19.2 Å². The number of nitrogens with one attached hydrogen (secondary N) is 2. The zero-order valence-corrected chi connectivity index (χ0v) is 13.7. The van der Waals surface area contributed by atoms with Crippen molar-refractivity contribution in [1.29, 1.82) is 0 Å². The fourth-order valence-corrected chi connectivity index (χ4v) is 2.02. The lowest BCUT2D eigenvalue weighted by molar-refractivity contribution is -0.142. The highest BCUT2D eigenvalue weighted by Gasteiger charge is 2.27. The summed E-state index contributed by atoms with van der Waals surface area (Å²) in [6.45, 7) is 1.34. The van der Waals surface area contributed by atoms with E-state index in [4.69, 9.17) is 11.0 Å². The Kier molecular flexibility index (Phi) is 8.24. The van der Waals surface area contributed by atoms with Crippen molar-refractivity contribution in [3.8, 4) is 0 Å². The van der Waals surface area contributed by atoms with Crippen molar-refractivity contribution in [3.63, 3.8) is 0 Å². The number of rotatable bonds is 10. The van der Waals surface area contributed by atoms with Gasteiger partial charge in [-0.25, -0.2) is 5.90 Å². The van der Waals surface area contributed by atoms with Crippen molar-refractivity contribution >= 4 is 24.1 Å². The highest BCUT2D eigenvalue weighted by molar-refractivity contribution is 5.92. The third kappa shape index (κ3) is 7.10. The average molecular weight is 351 g/mol. The summed E-state index contributed by atoms with van der Waals surface area (Å²) in [5, 5.41) is 13.6. The Morgan fingerprint density at radius 3 is 2.36 bits per heavy atom. The molecule has 0 fully saturated rings. The molecule has 0 radical (unpaired) electrons. The molecule has 0 saturated heterocycles. The lowest BCUT2D eigenvalue weighted by atomic mass is 10.1. The minimum absolute atomic E-state index is 0.242. The maximum Gasteiger partial charge on any atom is 0.305 e. The van der Waals surface area contributed by atoms with Crippen LogP contribution in [0.1, 0.15) is 18.9 Å². The molecule has 9 heteroatoms. The molecule has 0 bridgehead atoms. The van der Waals surface area contributed by atoms with E-state index in [0.29, 0.717) is 6.29 Å². The Morgan fingerprint density at radius 1 is 1.20 bits per heavy atom. The summed E-state index contributed by atoms with van der Waals surface area (Å²) in [5.74, 6) is 2.08. The number of aldehydes is 1. The van der Waals surface area contributed by atoms with Gasteiger partial charge in [0.05, 0.1) is 12.5 Å². The summed E-state index contributed by atoms with van der Waals surface area (Å²) in [6.07, 6.45) is -0.913. The normalized spacial score (nSPS) is 14.0. The first-order chi connectivity index (χ1) is 11.9. The molecule has 0 saturated carbocycles. The van der Waals surface area contributed by atoms with E-state index in [2.05, 4.69) is 15.5 Å². The molecule has 0 aliphatic rings. The molecule has 1 rings (SSSR count). The standard InChI is InChI=1S/C16H21N3O6/c1-10(25-17)15(23)19-13(8-14(21)22)16(24)18-12(9-20)7-11-5-3-2-4-6-11/h2-6,9-10,12-13H,7-8,17H2,1H3,(H,18,24)(H,19,23)(H,21,22)/t10-,12-,13-/m0/s1. The molecule has 1 aromatic rings. The highest BCUT2D eigenvalue weighted by Crippen LogP contribution is 2.03. The van der Waals surface area contributed by atoms with Crippen molar-refractivity contribution in [2.75, 3.05) is 0 Å². The van der Waals surface area contributed by atoms with E-state index in [1.807, 2.05) is 6.07 Å². The van der Waals surface area contributed by atoms with Crippen molar-refractivity contribution < 1.29 is 29.1 Å². The van der Waals surface area contributed by atoms with Gasteiger partial charge in [0.15, 0.2) is 6.10 Å². The molecular weight excluding hydrogens is 330 g/mol. The van der Waals surface area contributed by atoms with Crippen LogP contribution in [0.25, 0.3) is 0 Å². The topological polar surface area (TPSA) is 148 Å². The van der Waals surface area contributed by atoms with Gasteiger partial charge in [-0.1, -0.05) is 30.3 Å². The van der Waals surface area contributed by atoms with E-state index in [9.17, 15) is 19.2 Å². The van der Waals surface area contributed by atoms with Crippen LogP contribution in [0.15, 0.2) is 30.3 Å². The second-order valence-corrected chi connectivity index (χ2v) is 5.38. The number of nitrogens with two attached hydrogens (primary N) is 1. The van der Waals surface area contributed by atoms with Crippen molar-refractivity contribution in [2.24, 2.45) is 5.90 Å². The highest BCUT2D eigenvalue weighted by atomic mass is 16.6. The van der Waals surface area contributed by atoms with Crippen LogP contribution in [0.5, 0.6) is 0 Å². The van der Waals surface area contributed by atoms with Gasteiger partial charge < -0.3 is 20.5 Å². The van der Waals surface area contributed by atoms with Crippen LogP contribution < -0.4 is 16.5 Å². The van der Waals surface area contributed by atoms with Crippen LogP contribution in [0, 0.1) is 0 Å². The molecule has 0 spiro atoms. The molecule has 136 valence electrons. The van der Waals surface area contributed by atoms with Crippen LogP contribution >= 0.6 is 0 Å². The fourth-order valence-electron chi connectivity index (χ4n) is 2.02. The van der Waals surface area contributed by atoms with Gasteiger partial charge >= 0.3 is 5.97 Å². The van der Waals surface area contributed by atoms with Gasteiger partial charge in [-0.15, -0.1) is 0 Å². The van der Waals surface area contributed by atoms with Crippen LogP contribution in [0.2, 0.25) is 0 Å². The first kappa shape index (κ1) is 20.3. The number of carboxylic acid groups (broad SMARTS) is 1. The van der Waals surface area contributed by atoms with Gasteiger partial charge in [0.25, 0.3) is 5.91 Å². The molecule has 2 amide bonds. The molecule has 0 aliphatic heterocycles. The zero-order chi connectivity index (χ0) is 18.8. The number of carbonyl (C=O) groups is 4. The van der Waals surface area contributed by atoms with Crippen LogP contribution in [0.4, 0.5) is 0 Å². The molecule has 0 heterocycles. The Labute approximate surface area is 144 Å². The molecular formula is C16H21N3O6. The monoisotopic (exact) mass is 351 g/mol. The Hall–Kier alpha value is -2.78. The smallest absolute Gasteiger partial charge is 0.305 e. The van der Waals surface area contributed by atoms with Crippen LogP contribution in [-0.2, 0) is 30.4 Å². The molecule has 5 N–H and O–H groups in total. The minimum Gasteiger partial charge on any atom is -0.481 e. The van der Waals surface area contributed by atoms with Crippen LogP contribution in [0.3, 0.4) is 0 Å². The molecule has 1 aromatic carbocycles. The number of hydrogen-bond acceptors (Lipinski definition) is 6. The number of benzene rings is 1. The molecule has 0 unspecified atom stereocenters. The van der Waals surface area contributed by atoms with Crippen LogP contribution in [-0.4, -0.2) is 47.4 Å². The number of hydrogen-bond donors (Lipinski definition) is 4.